The Bertz CT molecular complexity index is 624. The van der Waals surface area contributed by atoms with Gasteiger partial charge < -0.3 is 30.5 Å². The first kappa shape index (κ1) is 19.4. The standard InChI is InChI=1S/C12H15N3O9/c16-4-7(11(19)12(20)9(18)5-17)13-6-2-1-3-8(14(21)22)10(6)15(23)24/h1-4,7,9,11-13,17-20H,5H2/t7-,9+,11+,12-/m0/s1. The molecule has 0 saturated heterocycles. The summed E-state index contributed by atoms with van der Waals surface area (Å²) in [4.78, 5) is 31.0. The van der Waals surface area contributed by atoms with Crippen LogP contribution in [0.25, 0.3) is 0 Å². The second kappa shape index (κ2) is 8.26. The van der Waals surface area contributed by atoms with E-state index in [1.165, 1.54) is 0 Å². The molecule has 0 unspecified atom stereocenters. The molecule has 4 atom stereocenters. The van der Waals surface area contributed by atoms with Gasteiger partial charge in [0.1, 0.15) is 36.3 Å². The minimum atomic E-state index is -1.94. The third-order valence-corrected chi connectivity index (χ3v) is 3.16. The van der Waals surface area contributed by atoms with Crippen LogP contribution in [0.5, 0.6) is 0 Å². The van der Waals surface area contributed by atoms with E-state index in [1.807, 2.05) is 0 Å². The summed E-state index contributed by atoms with van der Waals surface area (Å²) in [7, 11) is 0. The highest BCUT2D eigenvalue weighted by Gasteiger charge is 2.34. The minimum Gasteiger partial charge on any atom is -0.394 e. The number of aldehydes is 1. The fourth-order valence-electron chi connectivity index (χ4n) is 1.91. The maximum Gasteiger partial charge on any atom is 0.368 e. The third-order valence-electron chi connectivity index (χ3n) is 3.16. The molecule has 0 aliphatic rings. The Kier molecular flexibility index (Phi) is 6.67. The highest BCUT2D eigenvalue weighted by Crippen LogP contribution is 2.34. The SMILES string of the molecule is O=C[C@H](Nc1cccc([N+](=O)[O-])c1[N+](=O)[O-])[C@@H](O)[C@@H](O)[C@H](O)CO. The molecule has 0 amide bonds. The van der Waals surface area contributed by atoms with Crippen LogP contribution in [0.15, 0.2) is 18.2 Å². The number of carbonyl (C=O) groups is 1. The number of carbonyl (C=O) groups excluding carboxylic acids is 1. The van der Waals surface area contributed by atoms with E-state index in [0.29, 0.717) is 0 Å². The molecule has 0 aromatic heterocycles. The molecule has 0 saturated carbocycles. The van der Waals surface area contributed by atoms with Gasteiger partial charge in [-0.05, 0) is 6.07 Å². The molecule has 0 spiro atoms. The normalized spacial score (nSPS) is 15.8. The van der Waals surface area contributed by atoms with Gasteiger partial charge in [-0.3, -0.25) is 20.2 Å². The number of aliphatic hydroxyl groups excluding tert-OH is 4. The Morgan fingerprint density at radius 1 is 1.12 bits per heavy atom. The van der Waals surface area contributed by atoms with Gasteiger partial charge in [0.15, 0.2) is 0 Å². The molecule has 24 heavy (non-hydrogen) atoms. The fraction of sp³-hybridized carbons (Fsp3) is 0.417. The Hall–Kier alpha value is -2.67. The lowest BCUT2D eigenvalue weighted by atomic mass is 10.0. The topological polar surface area (TPSA) is 196 Å². The van der Waals surface area contributed by atoms with E-state index in [-0.39, 0.29) is 6.29 Å². The van der Waals surface area contributed by atoms with Gasteiger partial charge in [0.05, 0.1) is 16.5 Å². The summed E-state index contributed by atoms with van der Waals surface area (Å²) < 4.78 is 0. The van der Waals surface area contributed by atoms with Crippen molar-refractivity contribution in [2.45, 2.75) is 24.4 Å². The Morgan fingerprint density at radius 2 is 1.75 bits per heavy atom. The summed E-state index contributed by atoms with van der Waals surface area (Å²) >= 11 is 0. The first-order valence-corrected chi connectivity index (χ1v) is 6.53. The molecule has 1 aromatic carbocycles. The average molecular weight is 345 g/mol. The largest absolute Gasteiger partial charge is 0.394 e. The fourth-order valence-corrected chi connectivity index (χ4v) is 1.91. The quantitative estimate of drug-likeness (QED) is 0.201. The minimum absolute atomic E-state index is 0.0978. The molecule has 132 valence electrons. The van der Waals surface area contributed by atoms with Gasteiger partial charge in [-0.25, -0.2) is 0 Å². The zero-order valence-electron chi connectivity index (χ0n) is 12.1. The first-order valence-electron chi connectivity index (χ1n) is 6.53. The van der Waals surface area contributed by atoms with Gasteiger partial charge in [-0.15, -0.1) is 0 Å². The van der Waals surface area contributed by atoms with Crippen LogP contribution >= 0.6 is 0 Å². The van der Waals surface area contributed by atoms with E-state index in [4.69, 9.17) is 5.11 Å². The lowest BCUT2D eigenvalue weighted by molar-refractivity contribution is -0.421. The van der Waals surface area contributed by atoms with Crippen molar-refractivity contribution in [2.24, 2.45) is 0 Å². The van der Waals surface area contributed by atoms with Gasteiger partial charge in [0, 0.05) is 6.07 Å². The molecule has 1 aromatic rings. The molecule has 0 bridgehead atoms. The van der Waals surface area contributed by atoms with Crippen molar-refractivity contribution < 1.29 is 35.1 Å². The number of aliphatic hydroxyl groups is 4. The molecule has 0 aliphatic carbocycles. The second-order valence-corrected chi connectivity index (χ2v) is 4.72. The van der Waals surface area contributed by atoms with Crippen molar-refractivity contribution in [3.05, 3.63) is 38.4 Å². The van der Waals surface area contributed by atoms with E-state index in [2.05, 4.69) is 5.32 Å². The zero-order chi connectivity index (χ0) is 18.4. The lowest BCUT2D eigenvalue weighted by Crippen LogP contribution is -2.49. The molecule has 0 radical (unpaired) electrons. The highest BCUT2D eigenvalue weighted by atomic mass is 16.6. The van der Waals surface area contributed by atoms with E-state index in [1.54, 1.807) is 0 Å². The molecule has 5 N–H and O–H groups in total. The van der Waals surface area contributed by atoms with Crippen LogP contribution in [-0.4, -0.2) is 67.5 Å². The number of para-hydroxylation sites is 1. The Labute approximate surface area is 134 Å². The summed E-state index contributed by atoms with van der Waals surface area (Å²) in [6, 6.07) is 1.45. The number of anilines is 1. The summed E-state index contributed by atoms with van der Waals surface area (Å²) in [5.74, 6) is 0. The maximum atomic E-state index is 11.1. The number of nitro benzene ring substituents is 2. The number of benzene rings is 1. The number of hydrogen-bond acceptors (Lipinski definition) is 10. The van der Waals surface area contributed by atoms with Crippen LogP contribution in [0.2, 0.25) is 0 Å². The zero-order valence-corrected chi connectivity index (χ0v) is 12.1. The van der Waals surface area contributed by atoms with Gasteiger partial charge in [0.2, 0.25) is 0 Å². The number of hydrogen-bond donors (Lipinski definition) is 5. The Balaban J connectivity index is 3.18. The van der Waals surface area contributed by atoms with Crippen LogP contribution in [0.4, 0.5) is 17.1 Å². The second-order valence-electron chi connectivity index (χ2n) is 4.72. The monoisotopic (exact) mass is 345 g/mol. The Morgan fingerprint density at radius 3 is 2.21 bits per heavy atom. The number of nitrogens with zero attached hydrogens (tertiary/aromatic N) is 2. The molecule has 0 fully saturated rings. The van der Waals surface area contributed by atoms with E-state index in [9.17, 15) is 40.3 Å². The average Bonchev–Trinajstić information content (AvgIpc) is 2.56. The molecule has 0 aliphatic heterocycles. The summed E-state index contributed by atoms with van der Waals surface area (Å²) in [6.07, 6.45) is -5.54. The van der Waals surface area contributed by atoms with Gasteiger partial charge in [0.25, 0.3) is 0 Å². The summed E-state index contributed by atoms with van der Waals surface area (Å²) in [6.45, 7) is -0.902. The van der Waals surface area contributed by atoms with Crippen LogP contribution < -0.4 is 5.32 Å². The van der Waals surface area contributed by atoms with Crippen LogP contribution in [0.3, 0.4) is 0 Å². The van der Waals surface area contributed by atoms with Crippen molar-refractivity contribution in [1.82, 2.24) is 0 Å². The summed E-state index contributed by atoms with van der Waals surface area (Å²) in [5.41, 5.74) is -2.20. The van der Waals surface area contributed by atoms with Crippen molar-refractivity contribution in [3.8, 4) is 0 Å². The van der Waals surface area contributed by atoms with Crippen molar-refractivity contribution >= 4 is 23.3 Å². The molecular weight excluding hydrogens is 330 g/mol. The number of rotatable bonds is 9. The molecule has 1 rings (SSSR count). The van der Waals surface area contributed by atoms with Gasteiger partial charge in [-0.1, -0.05) is 6.07 Å². The van der Waals surface area contributed by atoms with Crippen LogP contribution in [0, 0.1) is 20.2 Å². The van der Waals surface area contributed by atoms with Crippen molar-refractivity contribution in [2.75, 3.05) is 11.9 Å². The molecule has 12 nitrogen and oxygen atoms in total. The molecular formula is C12H15N3O9. The molecule has 0 heterocycles. The van der Waals surface area contributed by atoms with E-state index in [0.717, 1.165) is 18.2 Å². The number of nitrogens with one attached hydrogen (secondary N) is 1. The predicted molar refractivity (Wildman–Crippen MR) is 78.3 cm³/mol. The van der Waals surface area contributed by atoms with Crippen molar-refractivity contribution in [1.29, 1.82) is 0 Å². The van der Waals surface area contributed by atoms with Crippen LogP contribution in [-0.2, 0) is 4.79 Å². The summed E-state index contributed by atoms with van der Waals surface area (Å²) in [5, 5.41) is 61.5. The maximum absolute atomic E-state index is 11.1. The third kappa shape index (κ3) is 4.20. The van der Waals surface area contributed by atoms with Gasteiger partial charge in [-0.2, -0.15) is 0 Å². The smallest absolute Gasteiger partial charge is 0.368 e. The first-order chi connectivity index (χ1) is 11.2. The van der Waals surface area contributed by atoms with Crippen LogP contribution in [0.1, 0.15) is 0 Å². The van der Waals surface area contributed by atoms with Gasteiger partial charge >= 0.3 is 11.4 Å². The lowest BCUT2D eigenvalue weighted by Gasteiger charge is -2.26. The number of nitro groups is 2. The predicted octanol–water partition coefficient (Wildman–Crippen LogP) is -1.44. The van der Waals surface area contributed by atoms with E-state index >= 15 is 0 Å². The van der Waals surface area contributed by atoms with E-state index < -0.39 is 57.9 Å². The molecule has 12 heteroatoms. The van der Waals surface area contributed by atoms with Crippen molar-refractivity contribution in [3.63, 3.8) is 0 Å². The highest BCUT2D eigenvalue weighted by molar-refractivity contribution is 5.75.